The number of ether oxygens (including phenoxy) is 1. The third-order valence-electron chi connectivity index (χ3n) is 4.46. The zero-order chi connectivity index (χ0) is 17.8. The van der Waals surface area contributed by atoms with Crippen LogP contribution in [0.1, 0.15) is 19.1 Å². The highest BCUT2D eigenvalue weighted by Crippen LogP contribution is 2.42. The minimum atomic E-state index is -2.55. The number of alkyl halides is 1. The maximum atomic E-state index is 15.2. The summed E-state index contributed by atoms with van der Waals surface area (Å²) in [6, 6.07) is 0.303. The lowest BCUT2D eigenvalue weighted by atomic mass is 9.97. The Hall–Kier alpha value is -2.48. The number of nitrogens with two attached hydrogens (primary N) is 1. The van der Waals surface area contributed by atoms with Gasteiger partial charge in [0.2, 0.25) is 11.6 Å². The molecular weight excluding hydrogens is 331 g/mol. The molecule has 1 unspecified atom stereocenters. The van der Waals surface area contributed by atoms with E-state index in [4.69, 9.17) is 16.9 Å². The van der Waals surface area contributed by atoms with Crippen molar-refractivity contribution in [1.82, 2.24) is 19.5 Å². The van der Waals surface area contributed by atoms with Gasteiger partial charge >= 0.3 is 0 Å². The van der Waals surface area contributed by atoms with Gasteiger partial charge < -0.3 is 26.0 Å². The maximum absolute atomic E-state index is 15.2. The smallest absolute Gasteiger partial charge is 0.243 e. The third kappa shape index (κ3) is 2.39. The minimum absolute atomic E-state index is 0.0141. The summed E-state index contributed by atoms with van der Waals surface area (Å²) < 4.78 is 21.9. The van der Waals surface area contributed by atoms with Crippen LogP contribution in [0.3, 0.4) is 0 Å². The molecule has 0 aromatic carbocycles. The van der Waals surface area contributed by atoms with Gasteiger partial charge in [-0.1, -0.05) is 5.92 Å². The zero-order valence-electron chi connectivity index (χ0n) is 13.1. The molecule has 1 saturated heterocycles. The van der Waals surface area contributed by atoms with Crippen LogP contribution in [0, 0.1) is 12.3 Å². The molecule has 2 aromatic rings. The number of halogens is 1. The van der Waals surface area contributed by atoms with Crippen LogP contribution in [-0.2, 0) is 4.74 Å². The molecule has 9 nitrogen and oxygen atoms in total. The molecule has 1 aliphatic heterocycles. The second kappa shape index (κ2) is 5.52. The minimum Gasteiger partial charge on any atom is -0.394 e. The van der Waals surface area contributed by atoms with E-state index in [0.29, 0.717) is 17.4 Å². The summed E-state index contributed by atoms with van der Waals surface area (Å²) in [7, 11) is 0. The van der Waals surface area contributed by atoms with Gasteiger partial charge in [-0.2, -0.15) is 9.97 Å². The number of terminal acetylenes is 1. The zero-order valence-corrected chi connectivity index (χ0v) is 13.1. The van der Waals surface area contributed by atoms with Crippen LogP contribution in [0.25, 0.3) is 11.2 Å². The van der Waals surface area contributed by atoms with Gasteiger partial charge in [-0.3, -0.25) is 4.57 Å². The number of anilines is 2. The average Bonchev–Trinajstić information content (AvgIpc) is 3.26. The Morgan fingerprint density at radius 3 is 2.92 bits per heavy atom. The van der Waals surface area contributed by atoms with Crippen molar-refractivity contribution in [2.24, 2.45) is 0 Å². The van der Waals surface area contributed by atoms with Crippen LogP contribution in [0.2, 0.25) is 0 Å². The standard InChI is InChI=1S/C15H17FN6O3/c1-2-15(16)10(24)8(5-23)25-13(15)22-6-18-9-11(19-7-3-4-7)20-14(17)21-12(9)22/h1,6-8,10,13,23-24H,3-5H2,(H3,17,19,20,21)/t8-,10?,13-,15+/m1/s1. The van der Waals surface area contributed by atoms with E-state index < -0.39 is 30.7 Å². The van der Waals surface area contributed by atoms with Crippen molar-refractivity contribution in [1.29, 1.82) is 0 Å². The fraction of sp³-hybridized carbons (Fsp3) is 0.533. The highest BCUT2D eigenvalue weighted by Gasteiger charge is 2.57. The molecule has 5 N–H and O–H groups in total. The Bertz CT molecular complexity index is 863. The van der Waals surface area contributed by atoms with Gasteiger partial charge in [0, 0.05) is 6.04 Å². The number of nitrogens with one attached hydrogen (secondary N) is 1. The molecule has 0 amide bonds. The quantitative estimate of drug-likeness (QED) is 0.548. The van der Waals surface area contributed by atoms with Gasteiger partial charge in [0.1, 0.15) is 12.2 Å². The predicted octanol–water partition coefficient (Wildman–Crippen LogP) is -0.425. The number of rotatable bonds is 4. The summed E-state index contributed by atoms with van der Waals surface area (Å²) in [5.41, 5.74) is 3.83. The molecule has 0 bridgehead atoms. The number of aliphatic hydroxyl groups excluding tert-OH is 2. The summed E-state index contributed by atoms with van der Waals surface area (Å²) in [4.78, 5) is 12.5. The molecule has 0 radical (unpaired) electrons. The number of fused-ring (bicyclic) bond motifs is 1. The number of hydrogen-bond acceptors (Lipinski definition) is 8. The largest absolute Gasteiger partial charge is 0.394 e. The van der Waals surface area contributed by atoms with E-state index in [1.807, 2.05) is 5.92 Å². The summed E-state index contributed by atoms with van der Waals surface area (Å²) in [5.74, 6) is 2.37. The maximum Gasteiger partial charge on any atom is 0.243 e. The first kappa shape index (κ1) is 16.0. The Labute approximate surface area is 142 Å². The van der Waals surface area contributed by atoms with Crippen LogP contribution in [-0.4, -0.2) is 60.3 Å². The molecule has 3 heterocycles. The third-order valence-corrected chi connectivity index (χ3v) is 4.46. The number of aliphatic hydroxyl groups is 2. The van der Waals surface area contributed by atoms with E-state index in [2.05, 4.69) is 20.3 Å². The molecule has 1 saturated carbocycles. The second-order valence-corrected chi connectivity index (χ2v) is 6.24. The first-order valence-electron chi connectivity index (χ1n) is 7.85. The molecule has 1 aliphatic carbocycles. The molecule has 0 spiro atoms. The Kier molecular flexibility index (Phi) is 3.54. The van der Waals surface area contributed by atoms with E-state index in [9.17, 15) is 10.2 Å². The number of nitrogen functional groups attached to an aromatic ring is 1. The van der Waals surface area contributed by atoms with Crippen molar-refractivity contribution in [3.63, 3.8) is 0 Å². The number of nitrogens with zero attached hydrogens (tertiary/aromatic N) is 4. The lowest BCUT2D eigenvalue weighted by Crippen LogP contribution is -2.42. The van der Waals surface area contributed by atoms with Gasteiger partial charge in [0.25, 0.3) is 0 Å². The normalized spacial score (nSPS) is 32.0. The molecule has 2 fully saturated rings. The molecule has 4 atom stereocenters. The van der Waals surface area contributed by atoms with E-state index in [-0.39, 0.29) is 11.6 Å². The molecule has 2 aromatic heterocycles. The fourth-order valence-corrected chi connectivity index (χ4v) is 2.95. The van der Waals surface area contributed by atoms with Crippen molar-refractivity contribution in [2.75, 3.05) is 17.7 Å². The van der Waals surface area contributed by atoms with E-state index >= 15 is 4.39 Å². The van der Waals surface area contributed by atoms with Gasteiger partial charge in [-0.05, 0) is 12.8 Å². The predicted molar refractivity (Wildman–Crippen MR) is 86.1 cm³/mol. The monoisotopic (exact) mass is 348 g/mol. The Morgan fingerprint density at radius 1 is 1.52 bits per heavy atom. The summed E-state index contributed by atoms with van der Waals surface area (Å²) >= 11 is 0. The fourth-order valence-electron chi connectivity index (χ4n) is 2.95. The van der Waals surface area contributed by atoms with Gasteiger partial charge in [-0.25, -0.2) is 9.37 Å². The summed E-state index contributed by atoms with van der Waals surface area (Å²) in [6.07, 6.45) is 4.39. The molecule has 132 valence electrons. The highest BCUT2D eigenvalue weighted by molar-refractivity contribution is 5.84. The molecule has 10 heteroatoms. The second-order valence-electron chi connectivity index (χ2n) is 6.24. The summed E-state index contributed by atoms with van der Waals surface area (Å²) in [5, 5.41) is 22.6. The van der Waals surface area contributed by atoms with Crippen LogP contribution in [0.4, 0.5) is 16.2 Å². The lowest BCUT2D eigenvalue weighted by Gasteiger charge is -2.23. The van der Waals surface area contributed by atoms with Crippen LogP contribution < -0.4 is 11.1 Å². The van der Waals surface area contributed by atoms with Crippen molar-refractivity contribution in [3.8, 4) is 12.3 Å². The van der Waals surface area contributed by atoms with E-state index in [1.54, 1.807) is 0 Å². The Balaban J connectivity index is 1.81. The van der Waals surface area contributed by atoms with Gasteiger partial charge in [0.15, 0.2) is 23.2 Å². The number of hydrogen-bond donors (Lipinski definition) is 4. The van der Waals surface area contributed by atoms with Crippen molar-refractivity contribution in [3.05, 3.63) is 6.33 Å². The molecule has 4 rings (SSSR count). The van der Waals surface area contributed by atoms with Crippen molar-refractivity contribution >= 4 is 22.9 Å². The molecule has 2 aliphatic rings. The van der Waals surface area contributed by atoms with Gasteiger partial charge in [-0.15, -0.1) is 6.42 Å². The van der Waals surface area contributed by atoms with Gasteiger partial charge in [0.05, 0.1) is 12.9 Å². The van der Waals surface area contributed by atoms with E-state index in [0.717, 1.165) is 12.8 Å². The topological polar surface area (TPSA) is 131 Å². The van der Waals surface area contributed by atoms with Crippen LogP contribution in [0.5, 0.6) is 0 Å². The first-order chi connectivity index (χ1) is 12.0. The lowest BCUT2D eigenvalue weighted by molar-refractivity contribution is -0.0504. The Morgan fingerprint density at radius 2 is 2.28 bits per heavy atom. The van der Waals surface area contributed by atoms with Crippen LogP contribution >= 0.6 is 0 Å². The first-order valence-corrected chi connectivity index (χ1v) is 7.85. The number of imidazole rings is 1. The number of aromatic nitrogens is 4. The average molecular weight is 348 g/mol. The summed E-state index contributed by atoms with van der Waals surface area (Å²) in [6.45, 7) is -0.580. The van der Waals surface area contributed by atoms with Crippen molar-refractivity contribution in [2.45, 2.75) is 43.0 Å². The SMILES string of the molecule is C#C[C@]1(F)C(O)[C@@H](CO)O[C@H]1n1cnc2c(NC3CC3)nc(N)nc21. The highest BCUT2D eigenvalue weighted by atomic mass is 19.1. The van der Waals surface area contributed by atoms with E-state index in [1.165, 1.54) is 10.9 Å². The molecular formula is C15H17FN6O3. The molecule has 25 heavy (non-hydrogen) atoms. The van der Waals surface area contributed by atoms with Crippen LogP contribution in [0.15, 0.2) is 6.33 Å². The van der Waals surface area contributed by atoms with Crippen molar-refractivity contribution < 1.29 is 19.3 Å².